The Bertz CT molecular complexity index is 431. The molecule has 0 aromatic heterocycles. The van der Waals surface area contributed by atoms with Crippen LogP contribution in [0, 0.1) is 0 Å². The van der Waals surface area contributed by atoms with E-state index >= 15 is 0 Å². The van der Waals surface area contributed by atoms with E-state index in [0.717, 1.165) is 18.4 Å². The number of nitrogens with one attached hydrogen (secondary N) is 1. The number of carbonyl (C=O) groups is 2. The van der Waals surface area contributed by atoms with Gasteiger partial charge < -0.3 is 10.2 Å². The maximum Gasteiger partial charge on any atom is 0.242 e. The molecule has 0 radical (unpaired) electrons. The first-order valence-corrected chi connectivity index (χ1v) is 7.15. The van der Waals surface area contributed by atoms with Crippen molar-refractivity contribution in [2.45, 2.75) is 46.2 Å². The van der Waals surface area contributed by atoms with Crippen molar-refractivity contribution in [1.29, 1.82) is 0 Å². The van der Waals surface area contributed by atoms with E-state index in [1.807, 2.05) is 30.3 Å². The average Bonchev–Trinajstić information content (AvgIpc) is 2.45. The Morgan fingerprint density at radius 1 is 1.25 bits per heavy atom. The van der Waals surface area contributed by atoms with Gasteiger partial charge in [-0.15, -0.1) is 0 Å². The Morgan fingerprint density at radius 3 is 2.45 bits per heavy atom. The number of hydrogen-bond acceptors (Lipinski definition) is 2. The van der Waals surface area contributed by atoms with Crippen molar-refractivity contribution in [3.63, 3.8) is 0 Å². The van der Waals surface area contributed by atoms with Gasteiger partial charge in [-0.25, -0.2) is 0 Å². The van der Waals surface area contributed by atoms with E-state index in [0.29, 0.717) is 13.1 Å². The Labute approximate surface area is 121 Å². The fourth-order valence-corrected chi connectivity index (χ4v) is 1.98. The second-order valence-corrected chi connectivity index (χ2v) is 4.95. The number of amides is 2. The minimum absolute atomic E-state index is 0.0907. The molecule has 20 heavy (non-hydrogen) atoms. The molecule has 0 aliphatic heterocycles. The molecule has 0 saturated carbocycles. The molecule has 0 aliphatic carbocycles. The first-order valence-electron chi connectivity index (χ1n) is 7.15. The fourth-order valence-electron chi connectivity index (χ4n) is 1.98. The van der Waals surface area contributed by atoms with Crippen LogP contribution in [0.15, 0.2) is 30.3 Å². The van der Waals surface area contributed by atoms with Crippen LogP contribution in [-0.2, 0) is 16.1 Å². The van der Waals surface area contributed by atoms with Crippen molar-refractivity contribution >= 4 is 11.8 Å². The molecule has 1 unspecified atom stereocenters. The second-order valence-electron chi connectivity index (χ2n) is 4.95. The molecule has 0 heterocycles. The summed E-state index contributed by atoms with van der Waals surface area (Å²) in [5.74, 6) is -0.184. The largest absolute Gasteiger partial charge is 0.354 e. The zero-order valence-corrected chi connectivity index (χ0v) is 12.6. The fraction of sp³-hybridized carbons (Fsp3) is 0.500. The van der Waals surface area contributed by atoms with Gasteiger partial charge in [0.1, 0.15) is 6.04 Å². The van der Waals surface area contributed by atoms with Crippen molar-refractivity contribution in [1.82, 2.24) is 10.2 Å². The summed E-state index contributed by atoms with van der Waals surface area (Å²) in [4.78, 5) is 25.4. The van der Waals surface area contributed by atoms with Crippen molar-refractivity contribution in [2.24, 2.45) is 0 Å². The van der Waals surface area contributed by atoms with Crippen molar-refractivity contribution < 1.29 is 9.59 Å². The summed E-state index contributed by atoms with van der Waals surface area (Å²) < 4.78 is 0. The first-order chi connectivity index (χ1) is 9.56. The lowest BCUT2D eigenvalue weighted by atomic mass is 10.1. The van der Waals surface area contributed by atoms with Gasteiger partial charge in [0, 0.05) is 20.0 Å². The first kappa shape index (κ1) is 16.2. The molecule has 1 aromatic rings. The average molecular weight is 276 g/mol. The van der Waals surface area contributed by atoms with Crippen LogP contribution >= 0.6 is 0 Å². The highest BCUT2D eigenvalue weighted by molar-refractivity contribution is 5.86. The lowest BCUT2D eigenvalue weighted by Crippen LogP contribution is -2.47. The summed E-state index contributed by atoms with van der Waals surface area (Å²) in [5.41, 5.74) is 1.02. The Morgan fingerprint density at radius 2 is 1.90 bits per heavy atom. The van der Waals surface area contributed by atoms with E-state index in [1.165, 1.54) is 6.92 Å². The van der Waals surface area contributed by atoms with Crippen LogP contribution in [0.25, 0.3) is 0 Å². The quantitative estimate of drug-likeness (QED) is 0.777. The topological polar surface area (TPSA) is 49.4 Å². The summed E-state index contributed by atoms with van der Waals surface area (Å²) in [5, 5.41) is 2.87. The van der Waals surface area contributed by atoms with Gasteiger partial charge in [-0.1, -0.05) is 43.7 Å². The van der Waals surface area contributed by atoms with E-state index < -0.39 is 6.04 Å². The molecule has 0 fully saturated rings. The van der Waals surface area contributed by atoms with Crippen LogP contribution in [0.1, 0.15) is 39.2 Å². The van der Waals surface area contributed by atoms with Crippen LogP contribution in [0.4, 0.5) is 0 Å². The summed E-state index contributed by atoms with van der Waals surface area (Å²) in [6.45, 7) is 6.46. The van der Waals surface area contributed by atoms with Gasteiger partial charge in [0.25, 0.3) is 0 Å². The minimum Gasteiger partial charge on any atom is -0.354 e. The Balaban J connectivity index is 2.65. The SMILES string of the molecule is CCCCNC(=O)C(C)N(Cc1ccccc1)C(C)=O. The number of rotatable bonds is 7. The maximum atomic E-state index is 12.0. The van der Waals surface area contributed by atoms with Gasteiger partial charge in [-0.05, 0) is 18.9 Å². The van der Waals surface area contributed by atoms with E-state index in [-0.39, 0.29) is 11.8 Å². The van der Waals surface area contributed by atoms with E-state index in [9.17, 15) is 9.59 Å². The summed E-state index contributed by atoms with van der Waals surface area (Å²) in [7, 11) is 0. The molecule has 0 aliphatic rings. The van der Waals surface area contributed by atoms with Gasteiger partial charge in [0.2, 0.25) is 11.8 Å². The van der Waals surface area contributed by atoms with Gasteiger partial charge in [0.15, 0.2) is 0 Å². The van der Waals surface area contributed by atoms with Crippen LogP contribution in [0.2, 0.25) is 0 Å². The molecule has 4 nitrogen and oxygen atoms in total. The molecule has 110 valence electrons. The zero-order chi connectivity index (χ0) is 15.0. The molecule has 0 bridgehead atoms. The monoisotopic (exact) mass is 276 g/mol. The van der Waals surface area contributed by atoms with Gasteiger partial charge in [-0.2, -0.15) is 0 Å². The van der Waals surface area contributed by atoms with Crippen LogP contribution in [0.3, 0.4) is 0 Å². The number of carbonyl (C=O) groups excluding carboxylic acids is 2. The standard InChI is InChI=1S/C16H24N2O2/c1-4-5-11-17-16(20)13(2)18(14(3)19)12-15-9-7-6-8-10-15/h6-10,13H,4-5,11-12H2,1-3H3,(H,17,20). The van der Waals surface area contributed by atoms with E-state index in [1.54, 1.807) is 11.8 Å². The lowest BCUT2D eigenvalue weighted by Gasteiger charge is -2.27. The lowest BCUT2D eigenvalue weighted by molar-refractivity contribution is -0.138. The predicted octanol–water partition coefficient (Wildman–Crippen LogP) is 2.34. The van der Waals surface area contributed by atoms with Crippen molar-refractivity contribution in [3.05, 3.63) is 35.9 Å². The third-order valence-corrected chi connectivity index (χ3v) is 3.28. The second kappa shape index (κ2) is 8.35. The van der Waals surface area contributed by atoms with Gasteiger partial charge in [0.05, 0.1) is 0 Å². The molecule has 1 atom stereocenters. The molecule has 4 heteroatoms. The van der Waals surface area contributed by atoms with Crippen molar-refractivity contribution in [3.8, 4) is 0 Å². The van der Waals surface area contributed by atoms with Crippen molar-refractivity contribution in [2.75, 3.05) is 6.54 Å². The molecular formula is C16H24N2O2. The third kappa shape index (κ3) is 5.03. The number of nitrogens with zero attached hydrogens (tertiary/aromatic N) is 1. The molecule has 1 aromatic carbocycles. The highest BCUT2D eigenvalue weighted by Crippen LogP contribution is 2.09. The van der Waals surface area contributed by atoms with Crippen LogP contribution in [-0.4, -0.2) is 29.3 Å². The summed E-state index contributed by atoms with van der Waals surface area (Å²) in [6, 6.07) is 9.25. The minimum atomic E-state index is -0.454. The number of hydrogen-bond donors (Lipinski definition) is 1. The Hall–Kier alpha value is -1.84. The normalized spacial score (nSPS) is 11.8. The van der Waals surface area contributed by atoms with Gasteiger partial charge >= 0.3 is 0 Å². The third-order valence-electron chi connectivity index (χ3n) is 3.28. The zero-order valence-electron chi connectivity index (χ0n) is 12.6. The molecule has 1 rings (SSSR count). The molecule has 0 spiro atoms. The van der Waals surface area contributed by atoms with Crippen LogP contribution in [0.5, 0.6) is 0 Å². The summed E-state index contributed by atoms with van der Waals surface area (Å²) >= 11 is 0. The predicted molar refractivity (Wildman–Crippen MR) is 80.0 cm³/mol. The van der Waals surface area contributed by atoms with E-state index in [4.69, 9.17) is 0 Å². The highest BCUT2D eigenvalue weighted by Gasteiger charge is 2.23. The summed E-state index contributed by atoms with van der Waals surface area (Å²) in [6.07, 6.45) is 1.99. The number of benzene rings is 1. The van der Waals surface area contributed by atoms with Crippen LogP contribution < -0.4 is 5.32 Å². The molecule has 1 N–H and O–H groups in total. The Kier molecular flexibility index (Phi) is 6.77. The molecule has 2 amide bonds. The van der Waals surface area contributed by atoms with Gasteiger partial charge in [-0.3, -0.25) is 9.59 Å². The number of unbranched alkanes of at least 4 members (excludes halogenated alkanes) is 1. The van der Waals surface area contributed by atoms with E-state index in [2.05, 4.69) is 12.2 Å². The smallest absolute Gasteiger partial charge is 0.242 e. The highest BCUT2D eigenvalue weighted by atomic mass is 16.2. The molecular weight excluding hydrogens is 252 g/mol. The maximum absolute atomic E-state index is 12.0. The molecule has 0 saturated heterocycles.